The van der Waals surface area contributed by atoms with E-state index in [1.165, 1.54) is 7.11 Å². The highest BCUT2D eigenvalue weighted by atomic mass is 16.5. The molecule has 2 aliphatic rings. The number of fused-ring (bicyclic) bond motifs is 2. The van der Waals surface area contributed by atoms with Gasteiger partial charge in [-0.2, -0.15) is 0 Å². The van der Waals surface area contributed by atoms with E-state index >= 15 is 0 Å². The molecular formula is C12H18O3. The van der Waals surface area contributed by atoms with Crippen LogP contribution in [0.25, 0.3) is 0 Å². The van der Waals surface area contributed by atoms with Gasteiger partial charge in [-0.05, 0) is 24.2 Å². The van der Waals surface area contributed by atoms with Gasteiger partial charge < -0.3 is 4.74 Å². The first kappa shape index (κ1) is 10.7. The summed E-state index contributed by atoms with van der Waals surface area (Å²) < 4.78 is 4.74. The topological polar surface area (TPSA) is 43.4 Å². The van der Waals surface area contributed by atoms with Crippen molar-refractivity contribution < 1.29 is 14.3 Å². The van der Waals surface area contributed by atoms with Crippen molar-refractivity contribution in [1.29, 1.82) is 0 Å². The molecule has 0 aromatic heterocycles. The predicted molar refractivity (Wildman–Crippen MR) is 55.1 cm³/mol. The average Bonchev–Trinajstić information content (AvgIpc) is 2.48. The van der Waals surface area contributed by atoms with Crippen molar-refractivity contribution in [3.8, 4) is 0 Å². The lowest BCUT2D eigenvalue weighted by atomic mass is 9.70. The van der Waals surface area contributed by atoms with Crippen LogP contribution in [0.3, 0.4) is 0 Å². The third-order valence-corrected chi connectivity index (χ3v) is 4.99. The molecule has 84 valence electrons. The monoisotopic (exact) mass is 210 g/mol. The first-order chi connectivity index (χ1) is 6.86. The molecular weight excluding hydrogens is 192 g/mol. The molecule has 0 heterocycles. The number of methoxy groups -OCH3 is 1. The van der Waals surface area contributed by atoms with E-state index < -0.39 is 5.92 Å². The summed E-state index contributed by atoms with van der Waals surface area (Å²) >= 11 is 0. The number of esters is 1. The van der Waals surface area contributed by atoms with Crippen LogP contribution in [-0.4, -0.2) is 18.9 Å². The van der Waals surface area contributed by atoms with Crippen molar-refractivity contribution in [3.63, 3.8) is 0 Å². The number of carbonyl (C=O) groups excluding carboxylic acids is 2. The predicted octanol–water partition coefficient (Wildman–Crippen LogP) is 1.80. The summed E-state index contributed by atoms with van der Waals surface area (Å²) in [6.45, 7) is 6.20. The fourth-order valence-electron chi connectivity index (χ4n) is 3.48. The van der Waals surface area contributed by atoms with Crippen LogP contribution in [0.1, 0.15) is 33.6 Å². The van der Waals surface area contributed by atoms with Crippen LogP contribution >= 0.6 is 0 Å². The fraction of sp³-hybridized carbons (Fsp3) is 0.833. The maximum Gasteiger partial charge on any atom is 0.316 e. The third-order valence-electron chi connectivity index (χ3n) is 4.99. The van der Waals surface area contributed by atoms with E-state index in [0.717, 1.165) is 12.8 Å². The van der Waals surface area contributed by atoms with Gasteiger partial charge in [0.2, 0.25) is 0 Å². The molecule has 2 bridgehead atoms. The smallest absolute Gasteiger partial charge is 0.316 e. The number of hydrogen-bond acceptors (Lipinski definition) is 3. The van der Waals surface area contributed by atoms with Crippen molar-refractivity contribution in [2.75, 3.05) is 7.11 Å². The molecule has 0 aromatic rings. The van der Waals surface area contributed by atoms with E-state index in [1.54, 1.807) is 0 Å². The van der Waals surface area contributed by atoms with E-state index in [0.29, 0.717) is 0 Å². The number of ether oxygens (including phenoxy) is 1. The first-order valence-electron chi connectivity index (χ1n) is 5.48. The van der Waals surface area contributed by atoms with Crippen LogP contribution in [-0.2, 0) is 14.3 Å². The number of carbonyl (C=O) groups is 2. The van der Waals surface area contributed by atoms with Gasteiger partial charge in [0.15, 0.2) is 5.78 Å². The van der Waals surface area contributed by atoms with Gasteiger partial charge in [-0.15, -0.1) is 0 Å². The standard InChI is InChI=1S/C12H18O3/c1-11(2)7-5-6-12(11,3)9(13)8(7)10(14)15-4/h7-8H,5-6H2,1-4H3. The Morgan fingerprint density at radius 2 is 2.00 bits per heavy atom. The molecule has 3 nitrogen and oxygen atoms in total. The number of hydrogen-bond donors (Lipinski definition) is 0. The molecule has 2 saturated carbocycles. The lowest BCUT2D eigenvalue weighted by molar-refractivity contribution is -0.152. The summed E-state index contributed by atoms with van der Waals surface area (Å²) in [4.78, 5) is 23.8. The molecule has 3 atom stereocenters. The fourth-order valence-corrected chi connectivity index (χ4v) is 3.48. The molecule has 0 amide bonds. The summed E-state index contributed by atoms with van der Waals surface area (Å²) in [5.41, 5.74) is -0.389. The minimum absolute atomic E-state index is 0.0665. The molecule has 3 heteroatoms. The van der Waals surface area contributed by atoms with E-state index in [9.17, 15) is 9.59 Å². The van der Waals surface area contributed by atoms with E-state index in [1.807, 2.05) is 6.92 Å². The summed E-state index contributed by atoms with van der Waals surface area (Å²) in [7, 11) is 1.36. The van der Waals surface area contributed by atoms with Crippen LogP contribution < -0.4 is 0 Å². The van der Waals surface area contributed by atoms with Crippen molar-refractivity contribution in [2.24, 2.45) is 22.7 Å². The second-order valence-electron chi connectivity index (χ2n) is 5.56. The summed E-state index contributed by atoms with van der Waals surface area (Å²) in [5, 5.41) is 0. The molecule has 0 aromatic carbocycles. The van der Waals surface area contributed by atoms with Crippen LogP contribution in [0.4, 0.5) is 0 Å². The Bertz CT molecular complexity index is 332. The molecule has 15 heavy (non-hydrogen) atoms. The Balaban J connectivity index is 2.42. The van der Waals surface area contributed by atoms with Gasteiger partial charge in [-0.25, -0.2) is 0 Å². The Morgan fingerprint density at radius 3 is 2.40 bits per heavy atom. The number of rotatable bonds is 1. The molecule has 0 saturated heterocycles. The maximum atomic E-state index is 12.2. The van der Waals surface area contributed by atoms with E-state index in [-0.39, 0.29) is 28.5 Å². The molecule has 0 aliphatic heterocycles. The van der Waals surface area contributed by atoms with Gasteiger partial charge in [0.1, 0.15) is 5.92 Å². The van der Waals surface area contributed by atoms with Crippen molar-refractivity contribution in [3.05, 3.63) is 0 Å². The van der Waals surface area contributed by atoms with Crippen LogP contribution in [0.2, 0.25) is 0 Å². The zero-order chi connectivity index (χ0) is 11.4. The van der Waals surface area contributed by atoms with E-state index in [4.69, 9.17) is 4.74 Å². The second-order valence-corrected chi connectivity index (χ2v) is 5.56. The minimum atomic E-state index is -0.510. The molecule has 3 unspecified atom stereocenters. The summed E-state index contributed by atoms with van der Waals surface area (Å²) in [6.07, 6.45) is 1.88. The maximum absolute atomic E-state index is 12.2. The molecule has 2 aliphatic carbocycles. The van der Waals surface area contributed by atoms with Crippen molar-refractivity contribution in [2.45, 2.75) is 33.6 Å². The Morgan fingerprint density at radius 1 is 1.40 bits per heavy atom. The lowest BCUT2D eigenvalue weighted by Crippen LogP contribution is -2.35. The van der Waals surface area contributed by atoms with Gasteiger partial charge in [0, 0.05) is 5.41 Å². The molecule has 0 spiro atoms. The van der Waals surface area contributed by atoms with E-state index in [2.05, 4.69) is 13.8 Å². The summed E-state index contributed by atoms with van der Waals surface area (Å²) in [6, 6.07) is 0. The molecule has 0 radical (unpaired) electrons. The number of Topliss-reactive ketones (excluding diaryl/α,β-unsaturated/α-hetero) is 1. The largest absolute Gasteiger partial charge is 0.468 e. The average molecular weight is 210 g/mol. The highest BCUT2D eigenvalue weighted by molar-refractivity contribution is 6.05. The van der Waals surface area contributed by atoms with Crippen LogP contribution in [0.5, 0.6) is 0 Å². The highest BCUT2D eigenvalue weighted by Gasteiger charge is 2.68. The van der Waals surface area contributed by atoms with Crippen molar-refractivity contribution >= 4 is 11.8 Å². The zero-order valence-electron chi connectivity index (χ0n) is 9.79. The zero-order valence-corrected chi connectivity index (χ0v) is 9.79. The molecule has 2 rings (SSSR count). The third kappa shape index (κ3) is 1.01. The van der Waals surface area contributed by atoms with Gasteiger partial charge in [-0.1, -0.05) is 20.8 Å². The SMILES string of the molecule is COC(=O)C1C(=O)C2(C)CCC1C2(C)C. The first-order valence-corrected chi connectivity index (χ1v) is 5.48. The lowest BCUT2D eigenvalue weighted by Gasteiger charge is -2.32. The quantitative estimate of drug-likeness (QED) is 0.489. The molecule has 2 fully saturated rings. The Kier molecular flexibility index (Phi) is 2.01. The highest BCUT2D eigenvalue weighted by Crippen LogP contribution is 2.65. The second kappa shape index (κ2) is 2.83. The van der Waals surface area contributed by atoms with Gasteiger partial charge in [0.25, 0.3) is 0 Å². The normalized spacial score (nSPS) is 42.0. The Hall–Kier alpha value is -0.860. The molecule has 0 N–H and O–H groups in total. The minimum Gasteiger partial charge on any atom is -0.468 e. The van der Waals surface area contributed by atoms with Gasteiger partial charge >= 0.3 is 5.97 Å². The Labute approximate surface area is 90.2 Å². The van der Waals surface area contributed by atoms with Gasteiger partial charge in [-0.3, -0.25) is 9.59 Å². The van der Waals surface area contributed by atoms with Crippen LogP contribution in [0.15, 0.2) is 0 Å². The summed E-state index contributed by atoms with van der Waals surface area (Å²) in [5.74, 6) is -0.594. The number of ketones is 1. The van der Waals surface area contributed by atoms with Crippen LogP contribution in [0, 0.1) is 22.7 Å². The van der Waals surface area contributed by atoms with Crippen molar-refractivity contribution in [1.82, 2.24) is 0 Å². The van der Waals surface area contributed by atoms with Gasteiger partial charge in [0.05, 0.1) is 7.11 Å².